The molecule has 1 aromatic carbocycles. The maximum atomic E-state index is 6.09. The Morgan fingerprint density at radius 1 is 1.24 bits per heavy atom. The summed E-state index contributed by atoms with van der Waals surface area (Å²) in [5.74, 6) is 2.94. The van der Waals surface area contributed by atoms with Crippen molar-refractivity contribution in [1.29, 1.82) is 0 Å². The van der Waals surface area contributed by atoms with Gasteiger partial charge in [0.2, 0.25) is 0 Å². The summed E-state index contributed by atoms with van der Waals surface area (Å²) >= 11 is 8.03. The highest BCUT2D eigenvalue weighted by molar-refractivity contribution is 7.98. The second-order valence-electron chi connectivity index (χ2n) is 4.58. The third-order valence-electron chi connectivity index (χ3n) is 2.54. The van der Waals surface area contributed by atoms with E-state index >= 15 is 0 Å². The first kappa shape index (κ1) is 14.9. The zero-order valence-electron chi connectivity index (χ0n) is 10.7. The fourth-order valence-electron chi connectivity index (χ4n) is 1.46. The van der Waals surface area contributed by atoms with Gasteiger partial charge in [0.15, 0.2) is 0 Å². The summed E-state index contributed by atoms with van der Waals surface area (Å²) < 4.78 is 0. The number of halogens is 1. The average molecular weight is 272 g/mol. The Morgan fingerprint density at radius 3 is 2.71 bits per heavy atom. The summed E-state index contributed by atoms with van der Waals surface area (Å²) in [6.07, 6.45) is 1.26. The molecule has 0 aliphatic carbocycles. The molecule has 0 unspecified atom stereocenters. The van der Waals surface area contributed by atoms with E-state index in [2.05, 4.69) is 25.2 Å². The lowest BCUT2D eigenvalue weighted by Crippen LogP contribution is -2.19. The maximum absolute atomic E-state index is 6.09. The Labute approximate surface area is 114 Å². The molecule has 3 heteroatoms. The molecule has 0 saturated heterocycles. The minimum absolute atomic E-state index is 0.790. The quantitative estimate of drug-likeness (QED) is 0.711. The van der Waals surface area contributed by atoms with E-state index in [-0.39, 0.29) is 0 Å². The van der Waals surface area contributed by atoms with Crippen molar-refractivity contribution in [2.45, 2.75) is 26.0 Å². The van der Waals surface area contributed by atoms with Gasteiger partial charge in [0.1, 0.15) is 0 Å². The molecule has 0 aliphatic heterocycles. The summed E-state index contributed by atoms with van der Waals surface area (Å²) in [7, 11) is 0. The molecule has 0 bridgehead atoms. The minimum atomic E-state index is 0.790. The number of hydrogen-bond donors (Lipinski definition) is 1. The Morgan fingerprint density at radius 2 is 2.00 bits per heavy atom. The normalized spacial score (nSPS) is 11.1. The lowest BCUT2D eigenvalue weighted by molar-refractivity contribution is 0.547. The Hall–Kier alpha value is -0.180. The highest BCUT2D eigenvalue weighted by Gasteiger charge is 1.98. The minimum Gasteiger partial charge on any atom is -0.316 e. The molecule has 0 fully saturated rings. The van der Waals surface area contributed by atoms with Crippen LogP contribution in [0.25, 0.3) is 0 Å². The van der Waals surface area contributed by atoms with Crippen molar-refractivity contribution in [2.75, 3.05) is 18.8 Å². The van der Waals surface area contributed by atoms with Gasteiger partial charge in [-0.05, 0) is 30.5 Å². The van der Waals surface area contributed by atoms with Gasteiger partial charge in [-0.15, -0.1) is 0 Å². The summed E-state index contributed by atoms with van der Waals surface area (Å²) in [5.41, 5.74) is 1.24. The van der Waals surface area contributed by atoms with E-state index in [1.165, 1.54) is 12.0 Å². The summed E-state index contributed by atoms with van der Waals surface area (Å²) in [6, 6.07) is 8.08. The number of rotatable bonds is 8. The van der Waals surface area contributed by atoms with Crippen LogP contribution >= 0.6 is 23.4 Å². The molecule has 1 N–H and O–H groups in total. The first-order valence-electron chi connectivity index (χ1n) is 6.22. The predicted molar refractivity (Wildman–Crippen MR) is 79.9 cm³/mol. The standard InChI is InChI=1S/C14H22ClNS/c1-12(2)7-8-16-9-10-17-11-13-5-3-4-6-14(13)15/h3-6,12,16H,7-11H2,1-2H3. The van der Waals surface area contributed by atoms with E-state index in [0.717, 1.165) is 35.5 Å². The zero-order valence-corrected chi connectivity index (χ0v) is 12.3. The van der Waals surface area contributed by atoms with Crippen molar-refractivity contribution >= 4 is 23.4 Å². The van der Waals surface area contributed by atoms with Crippen molar-refractivity contribution in [1.82, 2.24) is 5.32 Å². The van der Waals surface area contributed by atoms with Crippen LogP contribution in [0, 0.1) is 5.92 Å². The average Bonchev–Trinajstić information content (AvgIpc) is 2.30. The highest BCUT2D eigenvalue weighted by atomic mass is 35.5. The van der Waals surface area contributed by atoms with E-state index in [1.807, 2.05) is 30.0 Å². The van der Waals surface area contributed by atoms with Crippen molar-refractivity contribution in [3.05, 3.63) is 34.9 Å². The van der Waals surface area contributed by atoms with Crippen molar-refractivity contribution < 1.29 is 0 Å². The Kier molecular flexibility index (Phi) is 7.74. The fourth-order valence-corrected chi connectivity index (χ4v) is 2.64. The first-order chi connectivity index (χ1) is 8.20. The van der Waals surface area contributed by atoms with Crippen LogP contribution in [0.2, 0.25) is 5.02 Å². The van der Waals surface area contributed by atoms with Gasteiger partial charge in [-0.2, -0.15) is 11.8 Å². The molecule has 0 saturated carbocycles. The van der Waals surface area contributed by atoms with Crippen LogP contribution < -0.4 is 5.32 Å². The van der Waals surface area contributed by atoms with Crippen LogP contribution in [0.3, 0.4) is 0 Å². The molecule has 0 amide bonds. The molecule has 0 spiro atoms. The molecule has 1 nitrogen and oxygen atoms in total. The zero-order chi connectivity index (χ0) is 12.5. The molecular formula is C14H22ClNS. The van der Waals surface area contributed by atoms with Crippen molar-refractivity contribution in [2.24, 2.45) is 5.92 Å². The maximum Gasteiger partial charge on any atom is 0.0446 e. The van der Waals surface area contributed by atoms with Gasteiger partial charge in [-0.3, -0.25) is 0 Å². The molecule has 0 heterocycles. The van der Waals surface area contributed by atoms with Gasteiger partial charge >= 0.3 is 0 Å². The number of benzene rings is 1. The first-order valence-corrected chi connectivity index (χ1v) is 7.75. The van der Waals surface area contributed by atoms with Crippen molar-refractivity contribution in [3.8, 4) is 0 Å². The lowest BCUT2D eigenvalue weighted by Gasteiger charge is -2.07. The lowest BCUT2D eigenvalue weighted by atomic mass is 10.1. The third-order valence-corrected chi connectivity index (χ3v) is 3.91. The van der Waals surface area contributed by atoms with E-state index < -0.39 is 0 Å². The number of hydrogen-bond acceptors (Lipinski definition) is 2. The molecule has 0 aromatic heterocycles. The highest BCUT2D eigenvalue weighted by Crippen LogP contribution is 2.20. The molecule has 1 rings (SSSR count). The SMILES string of the molecule is CC(C)CCNCCSCc1ccccc1Cl. The summed E-state index contributed by atoms with van der Waals surface area (Å²) in [6.45, 7) is 6.73. The predicted octanol–water partition coefficient (Wildman–Crippen LogP) is 4.21. The van der Waals surface area contributed by atoms with Gasteiger partial charge in [0, 0.05) is 23.1 Å². The third kappa shape index (κ3) is 6.97. The second-order valence-corrected chi connectivity index (χ2v) is 6.09. The smallest absolute Gasteiger partial charge is 0.0446 e. The van der Waals surface area contributed by atoms with Gasteiger partial charge in [-0.1, -0.05) is 43.6 Å². The fraction of sp³-hybridized carbons (Fsp3) is 0.571. The van der Waals surface area contributed by atoms with E-state index in [9.17, 15) is 0 Å². The second kappa shape index (κ2) is 8.84. The van der Waals surface area contributed by atoms with Crippen LogP contribution in [0.1, 0.15) is 25.8 Å². The van der Waals surface area contributed by atoms with Crippen molar-refractivity contribution in [3.63, 3.8) is 0 Å². The molecule has 0 aliphatic rings. The van der Waals surface area contributed by atoms with E-state index in [0.29, 0.717) is 0 Å². The molecule has 1 aromatic rings. The van der Waals surface area contributed by atoms with Crippen LogP contribution in [-0.2, 0) is 5.75 Å². The molecule has 0 radical (unpaired) electrons. The van der Waals surface area contributed by atoms with E-state index in [4.69, 9.17) is 11.6 Å². The molecule has 0 atom stereocenters. The number of thioether (sulfide) groups is 1. The van der Waals surface area contributed by atoms with Crippen LogP contribution in [-0.4, -0.2) is 18.8 Å². The van der Waals surface area contributed by atoms with Gasteiger partial charge in [0.25, 0.3) is 0 Å². The van der Waals surface area contributed by atoms with Gasteiger partial charge in [0.05, 0.1) is 0 Å². The topological polar surface area (TPSA) is 12.0 Å². The monoisotopic (exact) mass is 271 g/mol. The summed E-state index contributed by atoms with van der Waals surface area (Å²) in [5, 5.41) is 4.35. The van der Waals surface area contributed by atoms with Crippen LogP contribution in [0.15, 0.2) is 24.3 Å². The summed E-state index contributed by atoms with van der Waals surface area (Å²) in [4.78, 5) is 0. The Bertz CT molecular complexity index is 315. The molecule has 96 valence electrons. The molecule has 17 heavy (non-hydrogen) atoms. The van der Waals surface area contributed by atoms with E-state index in [1.54, 1.807) is 0 Å². The number of nitrogens with one attached hydrogen (secondary N) is 1. The van der Waals surface area contributed by atoms with Gasteiger partial charge < -0.3 is 5.32 Å². The van der Waals surface area contributed by atoms with Crippen LogP contribution in [0.5, 0.6) is 0 Å². The molecular weight excluding hydrogens is 250 g/mol. The van der Waals surface area contributed by atoms with Gasteiger partial charge in [-0.25, -0.2) is 0 Å². The Balaban J connectivity index is 2.03. The largest absolute Gasteiger partial charge is 0.316 e. The van der Waals surface area contributed by atoms with Crippen LogP contribution in [0.4, 0.5) is 0 Å².